The smallest absolute Gasteiger partial charge is 0.170 e. The van der Waals surface area contributed by atoms with E-state index in [1.807, 2.05) is 0 Å². The number of thiocarbonyl (C=S) groups is 1. The average molecular weight is 309 g/mol. The van der Waals surface area contributed by atoms with Crippen molar-refractivity contribution in [3.05, 3.63) is 30.1 Å². The lowest BCUT2D eigenvalue weighted by atomic mass is 10.0. The highest BCUT2D eigenvalue weighted by molar-refractivity contribution is 7.80. The van der Waals surface area contributed by atoms with Crippen molar-refractivity contribution in [1.82, 2.24) is 10.2 Å². The number of hydrogen-bond acceptors (Lipinski definition) is 2. The molecule has 1 saturated heterocycles. The summed E-state index contributed by atoms with van der Waals surface area (Å²) >= 11 is 5.23. The zero-order valence-electron chi connectivity index (χ0n) is 12.6. The summed E-state index contributed by atoms with van der Waals surface area (Å²) in [6, 6.07) is 6.91. The van der Waals surface area contributed by atoms with E-state index < -0.39 is 0 Å². The number of hydrogen-bond donors (Lipinski definition) is 2. The van der Waals surface area contributed by atoms with Crippen molar-refractivity contribution in [2.75, 3.05) is 25.0 Å². The molecule has 1 aromatic rings. The third-order valence-corrected chi connectivity index (χ3v) is 4.20. The lowest BCUT2D eigenvalue weighted by molar-refractivity contribution is 0.159. The van der Waals surface area contributed by atoms with E-state index in [1.54, 1.807) is 12.1 Å². The molecule has 116 valence electrons. The highest BCUT2D eigenvalue weighted by Gasteiger charge is 2.16. The van der Waals surface area contributed by atoms with Gasteiger partial charge in [-0.05, 0) is 69.2 Å². The zero-order valence-corrected chi connectivity index (χ0v) is 13.4. The van der Waals surface area contributed by atoms with Gasteiger partial charge < -0.3 is 15.5 Å². The number of nitrogens with zero attached hydrogens (tertiary/aromatic N) is 1. The van der Waals surface area contributed by atoms with Crippen LogP contribution >= 0.6 is 12.2 Å². The SMILES string of the molecule is C[C@H]1CCCCN1CCCNC(=S)Nc1ccc(F)cc1. The molecule has 21 heavy (non-hydrogen) atoms. The van der Waals surface area contributed by atoms with Crippen molar-refractivity contribution in [3.8, 4) is 0 Å². The van der Waals surface area contributed by atoms with Gasteiger partial charge in [0.1, 0.15) is 5.82 Å². The number of nitrogens with one attached hydrogen (secondary N) is 2. The largest absolute Gasteiger partial charge is 0.362 e. The van der Waals surface area contributed by atoms with Crippen LogP contribution in [0.15, 0.2) is 24.3 Å². The van der Waals surface area contributed by atoms with Crippen molar-refractivity contribution >= 4 is 23.0 Å². The molecule has 0 radical (unpaired) electrons. The van der Waals surface area contributed by atoms with E-state index in [0.29, 0.717) is 11.2 Å². The molecule has 1 fully saturated rings. The molecule has 1 heterocycles. The second-order valence-corrected chi connectivity index (χ2v) is 6.03. The van der Waals surface area contributed by atoms with Gasteiger partial charge in [-0.1, -0.05) is 6.42 Å². The maximum atomic E-state index is 12.8. The summed E-state index contributed by atoms with van der Waals surface area (Å²) in [5.74, 6) is -0.241. The Balaban J connectivity index is 1.61. The summed E-state index contributed by atoms with van der Waals surface area (Å²) in [6.45, 7) is 5.51. The fraction of sp³-hybridized carbons (Fsp3) is 0.562. The Morgan fingerprint density at radius 2 is 2.10 bits per heavy atom. The summed E-state index contributed by atoms with van der Waals surface area (Å²) in [5, 5.41) is 6.85. The van der Waals surface area contributed by atoms with Crippen LogP contribution in [0.3, 0.4) is 0 Å². The van der Waals surface area contributed by atoms with Crippen LogP contribution in [0.1, 0.15) is 32.6 Å². The molecule has 1 atom stereocenters. The summed E-state index contributed by atoms with van der Waals surface area (Å²) in [7, 11) is 0. The summed E-state index contributed by atoms with van der Waals surface area (Å²) in [6.07, 6.45) is 5.08. The third-order valence-electron chi connectivity index (χ3n) is 3.95. The predicted octanol–water partition coefficient (Wildman–Crippen LogP) is 3.38. The Hall–Kier alpha value is -1.20. The van der Waals surface area contributed by atoms with Crippen LogP contribution in [-0.2, 0) is 0 Å². The van der Waals surface area contributed by atoms with Gasteiger partial charge in [0, 0.05) is 24.8 Å². The van der Waals surface area contributed by atoms with Crippen molar-refractivity contribution in [2.45, 2.75) is 38.6 Å². The van der Waals surface area contributed by atoms with E-state index in [9.17, 15) is 4.39 Å². The van der Waals surface area contributed by atoms with Crippen molar-refractivity contribution in [3.63, 3.8) is 0 Å². The van der Waals surface area contributed by atoms with Crippen LogP contribution in [0.4, 0.5) is 10.1 Å². The second kappa shape index (κ2) is 8.29. The maximum absolute atomic E-state index is 12.8. The number of anilines is 1. The van der Waals surface area contributed by atoms with E-state index in [1.165, 1.54) is 37.9 Å². The first-order valence-corrected chi connectivity index (χ1v) is 8.10. The monoisotopic (exact) mass is 309 g/mol. The fourth-order valence-corrected chi connectivity index (χ4v) is 2.90. The number of likely N-dealkylation sites (tertiary alicyclic amines) is 1. The van der Waals surface area contributed by atoms with Gasteiger partial charge in [-0.2, -0.15) is 0 Å². The number of piperidine rings is 1. The number of rotatable bonds is 5. The molecule has 0 amide bonds. The van der Waals surface area contributed by atoms with E-state index in [4.69, 9.17) is 12.2 Å². The lowest BCUT2D eigenvalue weighted by Gasteiger charge is -2.33. The Morgan fingerprint density at radius 1 is 1.33 bits per heavy atom. The molecule has 2 N–H and O–H groups in total. The third kappa shape index (κ3) is 5.59. The van der Waals surface area contributed by atoms with E-state index in [0.717, 1.165) is 25.2 Å². The van der Waals surface area contributed by atoms with Crippen LogP contribution in [0, 0.1) is 5.82 Å². The molecule has 2 rings (SSSR count). The molecular formula is C16H24FN3S. The Bertz CT molecular complexity index is 449. The summed E-state index contributed by atoms with van der Waals surface area (Å²) in [5.41, 5.74) is 0.804. The molecule has 0 aliphatic carbocycles. The average Bonchev–Trinajstić information content (AvgIpc) is 2.48. The second-order valence-electron chi connectivity index (χ2n) is 5.62. The Labute approximate surface area is 131 Å². The van der Waals surface area contributed by atoms with Gasteiger partial charge in [0.25, 0.3) is 0 Å². The normalized spacial score (nSPS) is 19.2. The molecule has 3 nitrogen and oxygen atoms in total. The van der Waals surface area contributed by atoms with Crippen LogP contribution in [0.25, 0.3) is 0 Å². The summed E-state index contributed by atoms with van der Waals surface area (Å²) < 4.78 is 12.8. The van der Waals surface area contributed by atoms with Crippen molar-refractivity contribution in [2.24, 2.45) is 0 Å². The summed E-state index contributed by atoms with van der Waals surface area (Å²) in [4.78, 5) is 2.56. The molecule has 0 unspecified atom stereocenters. The quantitative estimate of drug-likeness (QED) is 0.644. The van der Waals surface area contributed by atoms with Crippen LogP contribution in [0.2, 0.25) is 0 Å². The standard InChI is InChI=1S/C16H24FN3S/c1-13-5-2-3-11-20(13)12-4-10-18-16(21)19-15-8-6-14(17)7-9-15/h6-9,13H,2-5,10-12H2,1H3,(H2,18,19,21)/t13-/m0/s1. The molecule has 0 saturated carbocycles. The topological polar surface area (TPSA) is 27.3 Å². The minimum atomic E-state index is -0.241. The van der Waals surface area contributed by atoms with Crippen molar-refractivity contribution in [1.29, 1.82) is 0 Å². The molecule has 1 aliphatic rings. The van der Waals surface area contributed by atoms with E-state index >= 15 is 0 Å². The minimum absolute atomic E-state index is 0.241. The highest BCUT2D eigenvalue weighted by Crippen LogP contribution is 2.16. The highest BCUT2D eigenvalue weighted by atomic mass is 32.1. The Morgan fingerprint density at radius 3 is 2.81 bits per heavy atom. The van der Waals surface area contributed by atoms with Crippen LogP contribution < -0.4 is 10.6 Å². The first kappa shape index (κ1) is 16.2. The molecule has 0 aromatic heterocycles. The van der Waals surface area contributed by atoms with Gasteiger partial charge >= 0.3 is 0 Å². The predicted molar refractivity (Wildman–Crippen MR) is 90.1 cm³/mol. The van der Waals surface area contributed by atoms with E-state index in [-0.39, 0.29) is 5.82 Å². The van der Waals surface area contributed by atoms with Gasteiger partial charge in [0.15, 0.2) is 5.11 Å². The van der Waals surface area contributed by atoms with Crippen molar-refractivity contribution < 1.29 is 4.39 Å². The van der Waals surface area contributed by atoms with Crippen LogP contribution in [0.5, 0.6) is 0 Å². The van der Waals surface area contributed by atoms with Crippen LogP contribution in [-0.4, -0.2) is 35.7 Å². The molecule has 1 aliphatic heterocycles. The first-order valence-electron chi connectivity index (χ1n) is 7.69. The Kier molecular flexibility index (Phi) is 6.39. The van der Waals surface area contributed by atoms with Gasteiger partial charge in [0.05, 0.1) is 0 Å². The molecule has 0 spiro atoms. The first-order chi connectivity index (χ1) is 10.1. The van der Waals surface area contributed by atoms with E-state index in [2.05, 4.69) is 22.5 Å². The lowest BCUT2D eigenvalue weighted by Crippen LogP contribution is -2.39. The number of halogens is 1. The zero-order chi connectivity index (χ0) is 15.1. The minimum Gasteiger partial charge on any atom is -0.362 e. The molecule has 1 aromatic carbocycles. The number of benzene rings is 1. The van der Waals surface area contributed by atoms with Gasteiger partial charge in [-0.3, -0.25) is 0 Å². The fourth-order valence-electron chi connectivity index (χ4n) is 2.68. The molecule has 5 heteroatoms. The van der Waals surface area contributed by atoms with Gasteiger partial charge in [-0.25, -0.2) is 4.39 Å². The molecule has 0 bridgehead atoms. The van der Waals surface area contributed by atoms with Gasteiger partial charge in [0.2, 0.25) is 0 Å². The maximum Gasteiger partial charge on any atom is 0.170 e. The van der Waals surface area contributed by atoms with Gasteiger partial charge in [-0.15, -0.1) is 0 Å². The molecular weight excluding hydrogens is 285 g/mol.